The van der Waals surface area contributed by atoms with Gasteiger partial charge in [0, 0.05) is 6.42 Å². The molecule has 0 radical (unpaired) electrons. The molecule has 2 heteroatoms. The SMILES string of the molecule is CCCCCCCCCCCCCc1n(CCCCCCCCC)cc[n+]1CCCCCCCC. The maximum absolute atomic E-state index is 2.61. The molecular formula is C33H65N2+. The van der Waals surface area contributed by atoms with E-state index >= 15 is 0 Å². The van der Waals surface area contributed by atoms with E-state index in [1.165, 1.54) is 174 Å². The summed E-state index contributed by atoms with van der Waals surface area (Å²) in [6, 6.07) is 0. The number of aryl methyl sites for hydroxylation is 2. The Balaban J connectivity index is 2.33. The zero-order chi connectivity index (χ0) is 25.2. The molecular weight excluding hydrogens is 424 g/mol. The van der Waals surface area contributed by atoms with Crippen molar-refractivity contribution in [3.8, 4) is 0 Å². The lowest BCUT2D eigenvalue weighted by molar-refractivity contribution is -0.704. The van der Waals surface area contributed by atoms with E-state index in [0.717, 1.165) is 0 Å². The van der Waals surface area contributed by atoms with Gasteiger partial charge >= 0.3 is 0 Å². The van der Waals surface area contributed by atoms with Crippen LogP contribution in [0, 0.1) is 0 Å². The molecule has 0 aliphatic carbocycles. The first-order valence-corrected chi connectivity index (χ1v) is 16.4. The molecule has 35 heavy (non-hydrogen) atoms. The van der Waals surface area contributed by atoms with Crippen LogP contribution in [0.4, 0.5) is 0 Å². The highest BCUT2D eigenvalue weighted by molar-refractivity contribution is 4.84. The summed E-state index contributed by atoms with van der Waals surface area (Å²) in [6.07, 6.45) is 40.0. The van der Waals surface area contributed by atoms with Gasteiger partial charge in [-0.1, -0.05) is 143 Å². The van der Waals surface area contributed by atoms with Crippen LogP contribution < -0.4 is 4.57 Å². The lowest BCUT2D eigenvalue weighted by atomic mass is 10.1. The van der Waals surface area contributed by atoms with Crippen LogP contribution in [0.1, 0.15) is 181 Å². The third kappa shape index (κ3) is 18.2. The van der Waals surface area contributed by atoms with Crippen LogP contribution in [0.15, 0.2) is 12.4 Å². The first-order valence-electron chi connectivity index (χ1n) is 16.4. The van der Waals surface area contributed by atoms with E-state index in [1.807, 2.05) is 0 Å². The molecule has 0 spiro atoms. The van der Waals surface area contributed by atoms with Crippen molar-refractivity contribution in [1.29, 1.82) is 0 Å². The highest BCUT2D eigenvalue weighted by Gasteiger charge is 2.16. The molecule has 0 aliphatic heterocycles. The Hall–Kier alpha value is -0.790. The van der Waals surface area contributed by atoms with Gasteiger partial charge in [-0.25, -0.2) is 9.13 Å². The van der Waals surface area contributed by atoms with Crippen molar-refractivity contribution in [2.45, 2.75) is 194 Å². The Bertz CT molecular complexity index is 547. The Morgan fingerprint density at radius 2 is 0.886 bits per heavy atom. The van der Waals surface area contributed by atoms with Gasteiger partial charge in [-0.3, -0.25) is 0 Å². The smallest absolute Gasteiger partial charge is 0.234 e. The van der Waals surface area contributed by atoms with Crippen molar-refractivity contribution < 1.29 is 4.57 Å². The van der Waals surface area contributed by atoms with E-state index in [0.29, 0.717) is 0 Å². The maximum Gasteiger partial charge on any atom is 0.256 e. The lowest BCUT2D eigenvalue weighted by Crippen LogP contribution is -2.37. The standard InChI is InChI=1S/C33H65N2/c1-4-7-10-13-16-17-18-19-20-22-25-28-33-34(29-26-23-15-12-9-6-3)31-32-35(33)30-27-24-21-14-11-8-5-2/h31-32H,4-30H2,1-3H3/q+1. The fraction of sp³-hybridized carbons (Fsp3) is 0.909. The van der Waals surface area contributed by atoms with Gasteiger partial charge in [-0.05, 0) is 32.1 Å². The summed E-state index contributed by atoms with van der Waals surface area (Å²) in [7, 11) is 0. The largest absolute Gasteiger partial charge is 0.256 e. The second-order valence-corrected chi connectivity index (χ2v) is 11.3. The van der Waals surface area contributed by atoms with E-state index in [-0.39, 0.29) is 0 Å². The van der Waals surface area contributed by atoms with Crippen molar-refractivity contribution in [3.63, 3.8) is 0 Å². The van der Waals surface area contributed by atoms with Crippen molar-refractivity contribution in [2.24, 2.45) is 0 Å². The van der Waals surface area contributed by atoms with Crippen molar-refractivity contribution >= 4 is 0 Å². The minimum absolute atomic E-state index is 1.23. The second-order valence-electron chi connectivity index (χ2n) is 11.3. The molecule has 1 aromatic rings. The van der Waals surface area contributed by atoms with Gasteiger partial charge in [0.15, 0.2) is 0 Å². The number of unbranched alkanes of at least 4 members (excludes halogenated alkanes) is 21. The highest BCUT2D eigenvalue weighted by Crippen LogP contribution is 2.14. The monoisotopic (exact) mass is 490 g/mol. The quantitative estimate of drug-likeness (QED) is 0.0858. The average molecular weight is 490 g/mol. The van der Waals surface area contributed by atoms with Crippen LogP contribution in [0.2, 0.25) is 0 Å². The first kappa shape index (κ1) is 32.2. The van der Waals surface area contributed by atoms with Crippen LogP contribution in [0.25, 0.3) is 0 Å². The Labute approximate surface area is 221 Å². The number of rotatable bonds is 27. The molecule has 0 bridgehead atoms. The van der Waals surface area contributed by atoms with Gasteiger partial charge in [0.2, 0.25) is 0 Å². The van der Waals surface area contributed by atoms with E-state index in [1.54, 1.807) is 5.82 Å². The third-order valence-electron chi connectivity index (χ3n) is 7.85. The number of hydrogen-bond acceptors (Lipinski definition) is 0. The molecule has 0 unspecified atom stereocenters. The lowest BCUT2D eigenvalue weighted by Gasteiger charge is -2.07. The summed E-state index contributed by atoms with van der Waals surface area (Å²) in [5, 5.41) is 0. The molecule has 0 saturated carbocycles. The van der Waals surface area contributed by atoms with Crippen LogP contribution >= 0.6 is 0 Å². The van der Waals surface area contributed by atoms with Gasteiger partial charge in [0.25, 0.3) is 5.82 Å². The molecule has 1 heterocycles. The minimum Gasteiger partial charge on any atom is -0.234 e. The third-order valence-corrected chi connectivity index (χ3v) is 7.85. The summed E-state index contributed by atoms with van der Waals surface area (Å²) in [4.78, 5) is 0. The van der Waals surface area contributed by atoms with Crippen molar-refractivity contribution in [1.82, 2.24) is 4.57 Å². The van der Waals surface area contributed by atoms with Crippen molar-refractivity contribution in [2.75, 3.05) is 0 Å². The second kappa shape index (κ2) is 24.9. The zero-order valence-electron chi connectivity index (χ0n) is 24.6. The zero-order valence-corrected chi connectivity index (χ0v) is 24.6. The van der Waals surface area contributed by atoms with Gasteiger partial charge in [-0.2, -0.15) is 0 Å². The van der Waals surface area contributed by atoms with Crippen LogP contribution in [0.5, 0.6) is 0 Å². The minimum atomic E-state index is 1.23. The summed E-state index contributed by atoms with van der Waals surface area (Å²) in [5.74, 6) is 1.61. The molecule has 0 aliphatic rings. The van der Waals surface area contributed by atoms with Gasteiger partial charge in [-0.15, -0.1) is 0 Å². The Morgan fingerprint density at radius 3 is 1.37 bits per heavy atom. The molecule has 0 amide bonds. The predicted octanol–water partition coefficient (Wildman–Crippen LogP) is 10.7. The molecule has 0 atom stereocenters. The number of hydrogen-bond donors (Lipinski definition) is 0. The normalized spacial score (nSPS) is 11.5. The summed E-state index contributed by atoms with van der Waals surface area (Å²) in [5.41, 5.74) is 0. The fourth-order valence-electron chi connectivity index (χ4n) is 5.44. The molecule has 206 valence electrons. The Morgan fingerprint density at radius 1 is 0.486 bits per heavy atom. The van der Waals surface area contributed by atoms with E-state index in [2.05, 4.69) is 42.3 Å². The number of aromatic nitrogens is 2. The molecule has 2 nitrogen and oxygen atoms in total. The topological polar surface area (TPSA) is 8.81 Å². The van der Waals surface area contributed by atoms with E-state index in [9.17, 15) is 0 Å². The molecule has 1 rings (SSSR count). The van der Waals surface area contributed by atoms with Crippen LogP contribution in [-0.2, 0) is 19.5 Å². The molecule has 0 aromatic carbocycles. The predicted molar refractivity (Wildman–Crippen MR) is 156 cm³/mol. The average Bonchev–Trinajstić information content (AvgIpc) is 3.25. The summed E-state index contributed by atoms with van der Waals surface area (Å²) in [6.45, 7) is 9.38. The number of nitrogens with zero attached hydrogens (tertiary/aromatic N) is 2. The van der Waals surface area contributed by atoms with Gasteiger partial charge < -0.3 is 0 Å². The molecule has 0 N–H and O–H groups in total. The van der Waals surface area contributed by atoms with Crippen LogP contribution in [0.3, 0.4) is 0 Å². The molecule has 0 saturated heterocycles. The van der Waals surface area contributed by atoms with Crippen LogP contribution in [-0.4, -0.2) is 4.57 Å². The van der Waals surface area contributed by atoms with E-state index in [4.69, 9.17) is 0 Å². The fourth-order valence-corrected chi connectivity index (χ4v) is 5.44. The Kier molecular flexibility index (Phi) is 22.9. The van der Waals surface area contributed by atoms with Gasteiger partial charge in [0.1, 0.15) is 12.4 Å². The maximum atomic E-state index is 2.61. The molecule has 0 fully saturated rings. The van der Waals surface area contributed by atoms with Gasteiger partial charge in [0.05, 0.1) is 13.1 Å². The molecule has 1 aromatic heterocycles. The summed E-state index contributed by atoms with van der Waals surface area (Å²) >= 11 is 0. The highest BCUT2D eigenvalue weighted by atomic mass is 15.1. The number of imidazole rings is 1. The van der Waals surface area contributed by atoms with E-state index < -0.39 is 0 Å². The van der Waals surface area contributed by atoms with Crippen molar-refractivity contribution in [3.05, 3.63) is 18.2 Å². The summed E-state index contributed by atoms with van der Waals surface area (Å²) < 4.78 is 5.22. The first-order chi connectivity index (χ1) is 17.3.